The van der Waals surface area contributed by atoms with E-state index < -0.39 is 0 Å². The molecule has 0 bridgehead atoms. The van der Waals surface area contributed by atoms with Crippen molar-refractivity contribution in [1.29, 1.82) is 0 Å². The van der Waals surface area contributed by atoms with Crippen LogP contribution in [0, 0.1) is 13.8 Å². The zero-order chi connectivity index (χ0) is 11.7. The minimum absolute atomic E-state index is 0. The second-order valence-corrected chi connectivity index (χ2v) is 3.90. The van der Waals surface area contributed by atoms with Crippen LogP contribution in [0.25, 0.3) is 0 Å². The zero-order valence-electron chi connectivity index (χ0n) is 10.9. The molecule has 0 aliphatic carbocycles. The Kier molecular flexibility index (Phi) is 83.7. The van der Waals surface area contributed by atoms with Crippen molar-refractivity contribution in [3.63, 3.8) is 0 Å². The van der Waals surface area contributed by atoms with Gasteiger partial charge in [0.05, 0.1) is 0 Å². The van der Waals surface area contributed by atoms with Crippen LogP contribution in [0.5, 0.6) is 0 Å². The van der Waals surface area contributed by atoms with Crippen molar-refractivity contribution >= 4 is 21.0 Å². The molecule has 0 nitrogen and oxygen atoms in total. The van der Waals surface area contributed by atoms with Crippen LogP contribution in [-0.4, -0.2) is 18.2 Å². The van der Waals surface area contributed by atoms with Crippen LogP contribution >= 0.6 is 21.0 Å². The van der Waals surface area contributed by atoms with Gasteiger partial charge < -0.3 is 13.8 Å². The van der Waals surface area contributed by atoms with Crippen molar-refractivity contribution in [3.05, 3.63) is 13.8 Å². The normalized spacial score (nSPS) is 7.12. The Morgan fingerprint density at radius 1 is 1.00 bits per heavy atom. The summed E-state index contributed by atoms with van der Waals surface area (Å²) >= 11 is 1.94. The Balaban J connectivity index is -0.0000000439. The molecular weight excluding hydrogens is 308 g/mol. The van der Waals surface area contributed by atoms with Crippen LogP contribution < -0.4 is 0 Å². The number of hydrogen-bond acceptors (Lipinski definition) is 1. The Hall–Kier alpha value is 1.88. The van der Waals surface area contributed by atoms with Crippen molar-refractivity contribution in [1.82, 2.24) is 0 Å². The predicted molar refractivity (Wildman–Crippen MR) is 84.8 cm³/mol. The Labute approximate surface area is 138 Å². The predicted octanol–water partition coefficient (Wildman–Crippen LogP) is 5.49. The molecule has 0 aliphatic heterocycles. The summed E-state index contributed by atoms with van der Waals surface area (Å²) in [6, 6.07) is 0. The molecule has 1 atom stereocenters. The SMILES string of the molecule is C.CP.[CH2-]CCC.[CH2-]CSCCCCC.[Y]. The number of hydrogen-bond donors (Lipinski definition) is 0. The third kappa shape index (κ3) is 56.6. The molecule has 0 aliphatic rings. The fourth-order valence-corrected chi connectivity index (χ4v) is 1.17. The van der Waals surface area contributed by atoms with E-state index >= 15 is 0 Å². The van der Waals surface area contributed by atoms with E-state index in [1.54, 1.807) is 0 Å². The quantitative estimate of drug-likeness (QED) is 0.350. The first-order valence-corrected chi connectivity index (χ1v) is 7.88. The Morgan fingerprint density at radius 3 is 1.69 bits per heavy atom. The van der Waals surface area contributed by atoms with Gasteiger partial charge in [-0.05, 0) is 12.2 Å². The molecule has 0 amide bonds. The molecule has 0 aromatic carbocycles. The summed E-state index contributed by atoms with van der Waals surface area (Å²) in [5, 5.41) is 0. The fourth-order valence-electron chi connectivity index (χ4n) is 0.556. The maximum absolute atomic E-state index is 3.75. The van der Waals surface area contributed by atoms with Gasteiger partial charge in [-0.3, -0.25) is 0 Å². The minimum atomic E-state index is 0. The largest absolute Gasteiger partial charge is 0.343 e. The maximum atomic E-state index is 3.75. The van der Waals surface area contributed by atoms with Gasteiger partial charge in [-0.15, -0.1) is 15.0 Å². The first-order valence-electron chi connectivity index (χ1n) is 5.57. The van der Waals surface area contributed by atoms with Gasteiger partial charge in [0, 0.05) is 32.7 Å². The van der Waals surface area contributed by atoms with Crippen LogP contribution in [0.2, 0.25) is 0 Å². The summed E-state index contributed by atoms with van der Waals surface area (Å²) in [6.07, 6.45) is 6.36. The van der Waals surface area contributed by atoms with E-state index in [-0.39, 0.29) is 40.1 Å². The minimum Gasteiger partial charge on any atom is -0.343 e. The van der Waals surface area contributed by atoms with E-state index in [0.29, 0.717) is 0 Å². The third-order valence-corrected chi connectivity index (χ3v) is 2.26. The van der Waals surface area contributed by atoms with Crippen LogP contribution in [0.3, 0.4) is 0 Å². The third-order valence-electron chi connectivity index (χ3n) is 1.39. The van der Waals surface area contributed by atoms with Gasteiger partial charge in [0.2, 0.25) is 0 Å². The van der Waals surface area contributed by atoms with Crippen LogP contribution in [-0.2, 0) is 32.7 Å². The molecule has 0 spiro atoms. The van der Waals surface area contributed by atoms with Gasteiger partial charge >= 0.3 is 0 Å². The van der Waals surface area contributed by atoms with E-state index in [1.807, 2.05) is 18.4 Å². The molecule has 0 aromatic rings. The molecule has 101 valence electrons. The summed E-state index contributed by atoms with van der Waals surface area (Å²) in [4.78, 5) is 0. The van der Waals surface area contributed by atoms with Crippen molar-refractivity contribution in [2.24, 2.45) is 0 Å². The van der Waals surface area contributed by atoms with Crippen molar-refractivity contribution < 1.29 is 32.7 Å². The van der Waals surface area contributed by atoms with E-state index in [9.17, 15) is 0 Å². The summed E-state index contributed by atoms with van der Waals surface area (Å²) in [6.45, 7) is 13.6. The first-order chi connectivity index (χ1) is 6.83. The molecule has 3 heteroatoms. The monoisotopic (exact) mass is 341 g/mol. The summed E-state index contributed by atoms with van der Waals surface area (Å²) in [5.41, 5.74) is 0. The number of thioether (sulfide) groups is 1. The van der Waals surface area contributed by atoms with Crippen LogP contribution in [0.4, 0.5) is 0 Å². The molecule has 0 fully saturated rings. The topological polar surface area (TPSA) is 0 Å². The van der Waals surface area contributed by atoms with Crippen molar-refractivity contribution in [2.75, 3.05) is 18.2 Å². The first kappa shape index (κ1) is 30.7. The zero-order valence-corrected chi connectivity index (χ0v) is 15.7. The van der Waals surface area contributed by atoms with Gasteiger partial charge in [0.25, 0.3) is 0 Å². The maximum Gasteiger partial charge on any atom is 0 e. The van der Waals surface area contributed by atoms with E-state index in [0.717, 1.165) is 12.2 Å². The van der Waals surface area contributed by atoms with Gasteiger partial charge in [-0.2, -0.15) is 18.2 Å². The van der Waals surface area contributed by atoms with E-state index in [2.05, 4.69) is 36.9 Å². The van der Waals surface area contributed by atoms with Gasteiger partial charge in [0.15, 0.2) is 0 Å². The van der Waals surface area contributed by atoms with Gasteiger partial charge in [-0.1, -0.05) is 47.2 Å². The average molecular weight is 341 g/mol. The molecule has 1 unspecified atom stereocenters. The number of rotatable bonds is 6. The Morgan fingerprint density at radius 2 is 1.44 bits per heavy atom. The average Bonchev–Trinajstić information content (AvgIpc) is 2.28. The fraction of sp³-hybridized carbons (Fsp3) is 0.846. The smallest absolute Gasteiger partial charge is 0 e. The molecule has 0 N–H and O–H groups in total. The molecular formula is C13H33PSY-2. The van der Waals surface area contributed by atoms with E-state index in [1.165, 1.54) is 31.4 Å². The van der Waals surface area contributed by atoms with Crippen LogP contribution in [0.1, 0.15) is 53.4 Å². The molecule has 0 saturated carbocycles. The summed E-state index contributed by atoms with van der Waals surface area (Å²) < 4.78 is 0. The molecule has 0 heterocycles. The van der Waals surface area contributed by atoms with Crippen molar-refractivity contribution in [2.45, 2.75) is 53.4 Å². The van der Waals surface area contributed by atoms with Gasteiger partial charge in [0.1, 0.15) is 0 Å². The second-order valence-electron chi connectivity index (χ2n) is 2.67. The van der Waals surface area contributed by atoms with Gasteiger partial charge in [-0.25, -0.2) is 0 Å². The second kappa shape index (κ2) is 43.6. The Bertz CT molecular complexity index is 55.9. The van der Waals surface area contributed by atoms with Crippen LogP contribution in [0.15, 0.2) is 0 Å². The summed E-state index contributed by atoms with van der Waals surface area (Å²) in [5.74, 6) is 2.33. The standard InChI is InChI=1S/C7H15S.C4H9.CH5P.CH4.Y/c1-3-5-6-7-8-4-2;1-3-4-2;1-2;;/h2-7H2,1H3;1,3-4H2,2H3;2H2,1H3;1H4;/q2*-1;;;. The van der Waals surface area contributed by atoms with E-state index in [4.69, 9.17) is 0 Å². The molecule has 16 heavy (non-hydrogen) atoms. The number of unbranched alkanes of at least 4 members (excludes halogenated alkanes) is 3. The summed E-state index contributed by atoms with van der Waals surface area (Å²) in [7, 11) is 2.42. The molecule has 1 radical (unpaired) electrons. The molecule has 0 saturated heterocycles. The molecule has 0 rings (SSSR count). The molecule has 0 aromatic heterocycles. The van der Waals surface area contributed by atoms with Crippen molar-refractivity contribution in [3.8, 4) is 0 Å².